The summed E-state index contributed by atoms with van der Waals surface area (Å²) < 4.78 is 18.5. The van der Waals surface area contributed by atoms with E-state index in [9.17, 15) is 14.5 Å². The lowest BCUT2D eigenvalue weighted by molar-refractivity contribution is -0.386. The molecule has 0 saturated heterocycles. The third-order valence-corrected chi connectivity index (χ3v) is 2.63. The van der Waals surface area contributed by atoms with Gasteiger partial charge in [-0.25, -0.2) is 4.39 Å². The molecule has 0 heterocycles. The fraction of sp³-hybridized carbons (Fsp3) is 0.333. The highest BCUT2D eigenvalue weighted by molar-refractivity contribution is 14.1. The van der Waals surface area contributed by atoms with Crippen molar-refractivity contribution in [3.8, 4) is 5.75 Å². The number of benzene rings is 1. The summed E-state index contributed by atoms with van der Waals surface area (Å²) in [6, 6.07) is 2.17. The van der Waals surface area contributed by atoms with Crippen molar-refractivity contribution < 1.29 is 14.1 Å². The van der Waals surface area contributed by atoms with E-state index in [1.807, 2.05) is 0 Å². The summed E-state index contributed by atoms with van der Waals surface area (Å²) in [5, 5.41) is 10.7. The van der Waals surface area contributed by atoms with Crippen molar-refractivity contribution in [3.63, 3.8) is 0 Å². The van der Waals surface area contributed by atoms with Gasteiger partial charge in [-0.05, 0) is 35.6 Å². The van der Waals surface area contributed by atoms with Crippen molar-refractivity contribution in [2.24, 2.45) is 5.73 Å². The van der Waals surface area contributed by atoms with Crippen LogP contribution in [0.3, 0.4) is 0 Å². The molecule has 1 rings (SSSR count). The molecule has 16 heavy (non-hydrogen) atoms. The van der Waals surface area contributed by atoms with Gasteiger partial charge in [-0.2, -0.15) is 0 Å². The van der Waals surface area contributed by atoms with Crippen LogP contribution in [-0.2, 0) is 0 Å². The Bertz CT molecular complexity index is 401. The van der Waals surface area contributed by atoms with Gasteiger partial charge in [0.05, 0.1) is 15.1 Å². The van der Waals surface area contributed by atoms with Gasteiger partial charge in [0.2, 0.25) is 0 Å². The second-order valence-electron chi connectivity index (χ2n) is 2.98. The lowest BCUT2D eigenvalue weighted by Crippen LogP contribution is -2.07. The molecule has 0 unspecified atom stereocenters. The van der Waals surface area contributed by atoms with Crippen LogP contribution in [0.15, 0.2) is 12.1 Å². The van der Waals surface area contributed by atoms with E-state index in [-0.39, 0.29) is 21.6 Å². The Morgan fingerprint density at radius 3 is 2.81 bits per heavy atom. The van der Waals surface area contributed by atoms with E-state index in [0.29, 0.717) is 13.0 Å². The summed E-state index contributed by atoms with van der Waals surface area (Å²) in [4.78, 5) is 10.1. The van der Waals surface area contributed by atoms with Gasteiger partial charge in [0.25, 0.3) is 0 Å². The molecular formula is C9H10FIN2O3. The molecule has 0 amide bonds. The summed E-state index contributed by atoms with van der Waals surface area (Å²) in [7, 11) is 0. The number of rotatable bonds is 5. The highest BCUT2D eigenvalue weighted by atomic mass is 127. The van der Waals surface area contributed by atoms with E-state index in [1.54, 1.807) is 22.6 Å². The lowest BCUT2D eigenvalue weighted by atomic mass is 10.3. The summed E-state index contributed by atoms with van der Waals surface area (Å²) in [5.41, 5.74) is 5.02. The molecule has 2 N–H and O–H groups in total. The quantitative estimate of drug-likeness (QED) is 0.385. The minimum absolute atomic E-state index is 0.0589. The van der Waals surface area contributed by atoms with Crippen LogP contribution < -0.4 is 10.5 Å². The third kappa shape index (κ3) is 3.27. The van der Waals surface area contributed by atoms with Crippen LogP contribution in [-0.4, -0.2) is 18.1 Å². The van der Waals surface area contributed by atoms with E-state index in [4.69, 9.17) is 10.5 Å². The molecule has 0 atom stereocenters. The molecule has 7 heteroatoms. The number of halogens is 2. The first kappa shape index (κ1) is 13.1. The molecule has 88 valence electrons. The fourth-order valence-electron chi connectivity index (χ4n) is 1.04. The Hall–Kier alpha value is -0.960. The first-order chi connectivity index (χ1) is 7.56. The number of nitrogens with two attached hydrogens (primary N) is 1. The Morgan fingerprint density at radius 1 is 1.56 bits per heavy atom. The van der Waals surface area contributed by atoms with Crippen LogP contribution in [0.25, 0.3) is 0 Å². The first-order valence-corrected chi connectivity index (χ1v) is 5.60. The SMILES string of the molecule is NCCCOc1cc(F)c(I)cc1[N+](=O)[O-]. The van der Waals surface area contributed by atoms with Gasteiger partial charge < -0.3 is 10.5 Å². The summed E-state index contributed by atoms with van der Waals surface area (Å²) in [6.07, 6.45) is 0.560. The minimum atomic E-state index is -0.598. The van der Waals surface area contributed by atoms with Crippen molar-refractivity contribution >= 4 is 28.3 Å². The third-order valence-electron chi connectivity index (χ3n) is 1.80. The van der Waals surface area contributed by atoms with E-state index < -0.39 is 10.7 Å². The number of hydrogen-bond donors (Lipinski definition) is 1. The van der Waals surface area contributed by atoms with Crippen LogP contribution in [0, 0.1) is 19.5 Å². The molecule has 0 aliphatic carbocycles. The predicted octanol–water partition coefficient (Wildman–Crippen LogP) is 2.07. The zero-order chi connectivity index (χ0) is 12.1. The van der Waals surface area contributed by atoms with Crippen LogP contribution in [0.4, 0.5) is 10.1 Å². The Labute approximate surface area is 105 Å². The molecule has 0 radical (unpaired) electrons. The number of nitro groups is 1. The molecule has 0 bridgehead atoms. The summed E-state index contributed by atoms with van der Waals surface area (Å²) in [6.45, 7) is 0.651. The highest BCUT2D eigenvalue weighted by Crippen LogP contribution is 2.30. The van der Waals surface area contributed by atoms with E-state index >= 15 is 0 Å². The second kappa shape index (κ2) is 5.94. The first-order valence-electron chi connectivity index (χ1n) is 4.52. The average Bonchev–Trinajstić information content (AvgIpc) is 2.23. The summed E-state index contributed by atoms with van der Waals surface area (Å²) in [5.74, 6) is -0.592. The molecule has 0 aliphatic heterocycles. The molecular weight excluding hydrogens is 330 g/mol. The maximum Gasteiger partial charge on any atom is 0.312 e. The Morgan fingerprint density at radius 2 is 2.25 bits per heavy atom. The Kier molecular flexibility index (Phi) is 4.87. The standard InChI is InChI=1S/C9H10FIN2O3/c10-6-4-9(16-3-1-2-12)8(13(14)15)5-7(6)11/h4-5H,1-3,12H2. The normalized spacial score (nSPS) is 10.2. The van der Waals surface area contributed by atoms with Gasteiger partial charge >= 0.3 is 5.69 Å². The predicted molar refractivity (Wildman–Crippen MR) is 64.9 cm³/mol. The van der Waals surface area contributed by atoms with Gasteiger partial charge in [-0.15, -0.1) is 0 Å². The number of nitrogens with zero attached hydrogens (tertiary/aromatic N) is 1. The zero-order valence-corrected chi connectivity index (χ0v) is 10.4. The Balaban J connectivity index is 2.95. The number of ether oxygens (including phenoxy) is 1. The van der Waals surface area contributed by atoms with Gasteiger partial charge in [-0.3, -0.25) is 10.1 Å². The number of hydrogen-bond acceptors (Lipinski definition) is 4. The number of nitro benzene ring substituents is 1. The minimum Gasteiger partial charge on any atom is -0.487 e. The topological polar surface area (TPSA) is 78.4 Å². The maximum absolute atomic E-state index is 13.2. The zero-order valence-electron chi connectivity index (χ0n) is 8.28. The smallest absolute Gasteiger partial charge is 0.312 e. The van der Waals surface area contributed by atoms with Crippen LogP contribution in [0.1, 0.15) is 6.42 Å². The van der Waals surface area contributed by atoms with Gasteiger partial charge in [-0.1, -0.05) is 0 Å². The molecule has 0 fully saturated rings. The fourth-order valence-corrected chi connectivity index (χ4v) is 1.49. The molecule has 1 aromatic rings. The van der Waals surface area contributed by atoms with Gasteiger partial charge in [0, 0.05) is 12.1 Å². The molecule has 0 aliphatic rings. The van der Waals surface area contributed by atoms with Crippen molar-refractivity contribution in [1.29, 1.82) is 0 Å². The van der Waals surface area contributed by atoms with Gasteiger partial charge in [0.15, 0.2) is 5.75 Å². The molecule has 1 aromatic carbocycles. The van der Waals surface area contributed by atoms with E-state index in [2.05, 4.69) is 0 Å². The molecule has 0 spiro atoms. The maximum atomic E-state index is 13.2. The lowest BCUT2D eigenvalue weighted by Gasteiger charge is -2.06. The average molecular weight is 340 g/mol. The van der Waals surface area contributed by atoms with Crippen molar-refractivity contribution in [2.45, 2.75) is 6.42 Å². The summed E-state index contributed by atoms with van der Waals surface area (Å²) >= 11 is 1.69. The second-order valence-corrected chi connectivity index (χ2v) is 4.14. The monoisotopic (exact) mass is 340 g/mol. The molecule has 0 aromatic heterocycles. The van der Waals surface area contributed by atoms with E-state index in [1.165, 1.54) is 0 Å². The van der Waals surface area contributed by atoms with Crippen molar-refractivity contribution in [3.05, 3.63) is 31.6 Å². The largest absolute Gasteiger partial charge is 0.487 e. The van der Waals surface area contributed by atoms with Crippen LogP contribution >= 0.6 is 22.6 Å². The molecule has 5 nitrogen and oxygen atoms in total. The van der Waals surface area contributed by atoms with Crippen molar-refractivity contribution in [1.82, 2.24) is 0 Å². The molecule has 0 saturated carbocycles. The van der Waals surface area contributed by atoms with Crippen LogP contribution in [0.5, 0.6) is 5.75 Å². The van der Waals surface area contributed by atoms with Crippen LogP contribution in [0.2, 0.25) is 0 Å². The highest BCUT2D eigenvalue weighted by Gasteiger charge is 2.18. The van der Waals surface area contributed by atoms with Gasteiger partial charge in [0.1, 0.15) is 5.82 Å². The van der Waals surface area contributed by atoms with E-state index in [0.717, 1.165) is 12.1 Å². The van der Waals surface area contributed by atoms with Crippen molar-refractivity contribution in [2.75, 3.05) is 13.2 Å².